The van der Waals surface area contributed by atoms with Crippen molar-refractivity contribution in [3.63, 3.8) is 0 Å². The number of halogens is 3. The molecular formula is C22H24F3N3OS. The van der Waals surface area contributed by atoms with Crippen molar-refractivity contribution < 1.29 is 18.0 Å². The van der Waals surface area contributed by atoms with E-state index in [2.05, 4.69) is 10.2 Å². The molecule has 3 N–H and O–H groups in total. The Bertz CT molecular complexity index is 946. The van der Waals surface area contributed by atoms with E-state index in [1.165, 1.54) is 17.8 Å². The SMILES string of the molecule is NCCN1CCCC(C(=O)Nc2cc(C(F)(F)F)cc3c2Cc2ccccc2S3)C1. The van der Waals surface area contributed by atoms with Gasteiger partial charge in [0.1, 0.15) is 0 Å². The van der Waals surface area contributed by atoms with Crippen LogP contribution in [0.5, 0.6) is 0 Å². The summed E-state index contributed by atoms with van der Waals surface area (Å²) >= 11 is 1.32. The molecule has 160 valence electrons. The van der Waals surface area contributed by atoms with E-state index in [0.29, 0.717) is 24.4 Å². The Morgan fingerprint density at radius 2 is 2.03 bits per heavy atom. The molecule has 2 heterocycles. The Morgan fingerprint density at radius 1 is 1.23 bits per heavy atom. The molecule has 4 rings (SSSR count). The molecule has 0 spiro atoms. The van der Waals surface area contributed by atoms with Crippen molar-refractivity contribution in [2.45, 2.75) is 35.2 Å². The number of benzene rings is 2. The van der Waals surface area contributed by atoms with Crippen molar-refractivity contribution in [2.75, 3.05) is 31.5 Å². The first-order valence-corrected chi connectivity index (χ1v) is 10.9. The number of amides is 1. The first kappa shape index (κ1) is 21.2. The van der Waals surface area contributed by atoms with Gasteiger partial charge in [0, 0.05) is 41.5 Å². The highest BCUT2D eigenvalue weighted by Gasteiger charge is 2.34. The number of nitrogens with zero attached hydrogens (tertiary/aromatic N) is 1. The molecular weight excluding hydrogens is 411 g/mol. The third kappa shape index (κ3) is 4.50. The van der Waals surface area contributed by atoms with Crippen molar-refractivity contribution in [2.24, 2.45) is 11.7 Å². The average Bonchev–Trinajstić information content (AvgIpc) is 2.72. The predicted octanol–water partition coefficient (Wildman–Crippen LogP) is 4.37. The van der Waals surface area contributed by atoms with Crippen LogP contribution in [0.25, 0.3) is 0 Å². The van der Waals surface area contributed by atoms with Crippen LogP contribution >= 0.6 is 11.8 Å². The van der Waals surface area contributed by atoms with Gasteiger partial charge in [-0.15, -0.1) is 0 Å². The number of hydrogen-bond acceptors (Lipinski definition) is 4. The van der Waals surface area contributed by atoms with Gasteiger partial charge in [0.15, 0.2) is 0 Å². The fourth-order valence-electron chi connectivity index (χ4n) is 4.14. The molecule has 2 aromatic carbocycles. The minimum absolute atomic E-state index is 0.220. The van der Waals surface area contributed by atoms with E-state index in [9.17, 15) is 18.0 Å². The van der Waals surface area contributed by atoms with Gasteiger partial charge in [0.2, 0.25) is 5.91 Å². The lowest BCUT2D eigenvalue weighted by Crippen LogP contribution is -2.42. The third-order valence-corrected chi connectivity index (χ3v) is 6.88. The molecule has 1 atom stereocenters. The number of fused-ring (bicyclic) bond motifs is 2. The molecule has 8 heteroatoms. The lowest BCUT2D eigenvalue weighted by Gasteiger charge is -2.32. The van der Waals surface area contributed by atoms with Crippen LogP contribution < -0.4 is 11.1 Å². The van der Waals surface area contributed by atoms with Crippen molar-refractivity contribution in [1.29, 1.82) is 0 Å². The highest BCUT2D eigenvalue weighted by atomic mass is 32.2. The summed E-state index contributed by atoms with van der Waals surface area (Å²) in [6, 6.07) is 9.95. The first-order valence-electron chi connectivity index (χ1n) is 10.1. The second-order valence-electron chi connectivity index (χ2n) is 7.80. The fourth-order valence-corrected chi connectivity index (χ4v) is 5.29. The maximum absolute atomic E-state index is 13.5. The highest BCUT2D eigenvalue weighted by Crippen LogP contribution is 2.45. The number of anilines is 1. The Labute approximate surface area is 178 Å². The monoisotopic (exact) mass is 435 g/mol. The summed E-state index contributed by atoms with van der Waals surface area (Å²) in [4.78, 5) is 16.6. The van der Waals surface area contributed by atoms with Crippen LogP contribution in [0.2, 0.25) is 0 Å². The first-order chi connectivity index (χ1) is 14.3. The van der Waals surface area contributed by atoms with Crippen LogP contribution in [-0.2, 0) is 17.4 Å². The number of carbonyl (C=O) groups excluding carboxylic acids is 1. The number of hydrogen-bond donors (Lipinski definition) is 2. The lowest BCUT2D eigenvalue weighted by molar-refractivity contribution is -0.137. The maximum atomic E-state index is 13.5. The lowest BCUT2D eigenvalue weighted by atomic mass is 9.96. The molecule has 1 saturated heterocycles. The molecule has 2 aliphatic rings. The van der Waals surface area contributed by atoms with Crippen LogP contribution in [0.4, 0.5) is 18.9 Å². The number of nitrogens with two attached hydrogens (primary N) is 1. The summed E-state index contributed by atoms with van der Waals surface area (Å²) in [6.45, 7) is 2.72. The van der Waals surface area contributed by atoms with Gasteiger partial charge in [-0.25, -0.2) is 0 Å². The maximum Gasteiger partial charge on any atom is 0.416 e. The predicted molar refractivity (Wildman–Crippen MR) is 112 cm³/mol. The largest absolute Gasteiger partial charge is 0.416 e. The quantitative estimate of drug-likeness (QED) is 0.639. The number of nitrogens with one attached hydrogen (secondary N) is 1. The number of carbonyl (C=O) groups is 1. The Balaban J connectivity index is 1.63. The second kappa shape index (κ2) is 8.61. The third-order valence-electron chi connectivity index (χ3n) is 5.68. The van der Waals surface area contributed by atoms with Crippen molar-refractivity contribution in [3.05, 3.63) is 53.1 Å². The molecule has 1 unspecified atom stereocenters. The molecule has 0 radical (unpaired) electrons. The normalized spacial score (nSPS) is 19.1. The summed E-state index contributed by atoms with van der Waals surface area (Å²) < 4.78 is 40.6. The average molecular weight is 436 g/mol. The number of rotatable bonds is 4. The highest BCUT2D eigenvalue weighted by molar-refractivity contribution is 7.99. The number of likely N-dealkylation sites (tertiary alicyclic amines) is 1. The smallest absolute Gasteiger partial charge is 0.329 e. The molecule has 0 aliphatic carbocycles. The number of alkyl halides is 3. The van der Waals surface area contributed by atoms with E-state index in [1.807, 2.05) is 24.3 Å². The van der Waals surface area contributed by atoms with Gasteiger partial charge in [-0.1, -0.05) is 30.0 Å². The zero-order valence-corrected chi connectivity index (χ0v) is 17.3. The van der Waals surface area contributed by atoms with E-state index in [-0.39, 0.29) is 17.5 Å². The van der Waals surface area contributed by atoms with Crippen molar-refractivity contribution in [1.82, 2.24) is 4.90 Å². The standard InChI is InChI=1S/C22H24F3N3OS/c23-22(24,25)16-11-18(27-21(29)15-5-3-8-28(13-15)9-7-26)17-10-14-4-1-2-6-19(14)30-20(17)12-16/h1-2,4,6,11-12,15H,3,5,7-10,13,26H2,(H,27,29). The van der Waals surface area contributed by atoms with Crippen molar-refractivity contribution >= 4 is 23.4 Å². The summed E-state index contributed by atoms with van der Waals surface area (Å²) in [5.74, 6) is -0.471. The van der Waals surface area contributed by atoms with Crippen LogP contribution in [0.3, 0.4) is 0 Å². The minimum Gasteiger partial charge on any atom is -0.329 e. The van der Waals surface area contributed by atoms with Crippen LogP contribution in [-0.4, -0.2) is 37.0 Å². The molecule has 1 fully saturated rings. The zero-order chi connectivity index (χ0) is 21.3. The second-order valence-corrected chi connectivity index (χ2v) is 8.89. The van der Waals surface area contributed by atoms with E-state index in [1.54, 1.807) is 0 Å². The molecule has 2 aliphatic heterocycles. The fraction of sp³-hybridized carbons (Fsp3) is 0.409. The summed E-state index contributed by atoms with van der Waals surface area (Å²) in [5, 5.41) is 2.84. The van der Waals surface area contributed by atoms with Crippen LogP contribution in [0.15, 0.2) is 46.2 Å². The van der Waals surface area contributed by atoms with Gasteiger partial charge < -0.3 is 16.0 Å². The minimum atomic E-state index is -4.48. The molecule has 30 heavy (non-hydrogen) atoms. The van der Waals surface area contributed by atoms with Gasteiger partial charge in [0.25, 0.3) is 0 Å². The topological polar surface area (TPSA) is 58.4 Å². The Morgan fingerprint density at radius 3 is 2.80 bits per heavy atom. The summed E-state index contributed by atoms with van der Waals surface area (Å²) in [7, 11) is 0. The molecule has 0 saturated carbocycles. The van der Waals surface area contributed by atoms with Gasteiger partial charge >= 0.3 is 6.18 Å². The van der Waals surface area contributed by atoms with Crippen LogP contribution in [0, 0.1) is 5.92 Å². The van der Waals surface area contributed by atoms with Crippen molar-refractivity contribution in [3.8, 4) is 0 Å². The summed E-state index contributed by atoms with van der Waals surface area (Å²) in [5.41, 5.74) is 6.95. The van der Waals surface area contributed by atoms with Gasteiger partial charge in [-0.2, -0.15) is 13.2 Å². The van der Waals surface area contributed by atoms with E-state index >= 15 is 0 Å². The molecule has 1 amide bonds. The van der Waals surface area contributed by atoms with E-state index in [4.69, 9.17) is 5.73 Å². The molecule has 4 nitrogen and oxygen atoms in total. The Kier molecular flexibility index (Phi) is 6.09. The van der Waals surface area contributed by atoms with Gasteiger partial charge in [0.05, 0.1) is 11.5 Å². The zero-order valence-electron chi connectivity index (χ0n) is 16.5. The summed E-state index contributed by atoms with van der Waals surface area (Å²) in [6.07, 6.45) is -2.38. The van der Waals surface area contributed by atoms with Gasteiger partial charge in [-0.05, 0) is 48.7 Å². The van der Waals surface area contributed by atoms with E-state index in [0.717, 1.165) is 48.0 Å². The van der Waals surface area contributed by atoms with E-state index < -0.39 is 11.7 Å². The molecule has 0 bridgehead atoms. The molecule has 0 aromatic heterocycles. The molecule has 2 aromatic rings. The number of piperidine rings is 1. The Hall–Kier alpha value is -2.03. The van der Waals surface area contributed by atoms with Crippen LogP contribution in [0.1, 0.15) is 29.5 Å². The van der Waals surface area contributed by atoms with Gasteiger partial charge in [-0.3, -0.25) is 4.79 Å².